The molecule has 5 nitrogen and oxygen atoms in total. The summed E-state index contributed by atoms with van der Waals surface area (Å²) in [6.45, 7) is 4.86. The predicted octanol–water partition coefficient (Wildman–Crippen LogP) is 0.158. The van der Waals surface area contributed by atoms with E-state index in [4.69, 9.17) is 10.2 Å². The molecule has 0 saturated carbocycles. The highest BCUT2D eigenvalue weighted by atomic mass is 16.4. The predicted molar refractivity (Wildman–Crippen MR) is 46.5 cm³/mol. The van der Waals surface area contributed by atoms with Crippen LogP contribution in [0.3, 0.4) is 0 Å². The van der Waals surface area contributed by atoms with Crippen LogP contribution >= 0.6 is 0 Å². The minimum absolute atomic E-state index is 0.140. The summed E-state index contributed by atoms with van der Waals surface area (Å²) in [6, 6.07) is -1.66. The van der Waals surface area contributed by atoms with Gasteiger partial charge in [0.2, 0.25) is 0 Å². The Morgan fingerprint density at radius 3 is 1.77 bits per heavy atom. The van der Waals surface area contributed by atoms with Gasteiger partial charge in [-0.2, -0.15) is 0 Å². The third-order valence-electron chi connectivity index (χ3n) is 1.73. The Hall–Kier alpha value is -1.10. The van der Waals surface area contributed by atoms with Gasteiger partial charge in [0.1, 0.15) is 12.1 Å². The maximum atomic E-state index is 10.6. The molecule has 76 valence electrons. The molecule has 0 aromatic carbocycles. The number of hydrogen-bond donors (Lipinski definition) is 3. The molecule has 0 aromatic heterocycles. The highest BCUT2D eigenvalue weighted by molar-refractivity contribution is 5.77. The highest BCUT2D eigenvalue weighted by Gasteiger charge is 2.25. The number of carbonyl (C=O) groups is 2. The molecule has 0 saturated heterocycles. The first-order chi connectivity index (χ1) is 5.86. The molecule has 13 heavy (non-hydrogen) atoms. The van der Waals surface area contributed by atoms with E-state index in [1.807, 2.05) is 0 Å². The van der Waals surface area contributed by atoms with E-state index in [-0.39, 0.29) is 5.92 Å². The van der Waals surface area contributed by atoms with Gasteiger partial charge < -0.3 is 10.2 Å². The molecule has 0 aliphatic rings. The fourth-order valence-electron chi connectivity index (χ4n) is 0.890. The van der Waals surface area contributed by atoms with Crippen LogP contribution in [0.5, 0.6) is 0 Å². The van der Waals surface area contributed by atoms with E-state index in [0.717, 1.165) is 0 Å². The van der Waals surface area contributed by atoms with Crippen LogP contribution in [0, 0.1) is 5.92 Å². The Morgan fingerprint density at radius 1 is 1.08 bits per heavy atom. The summed E-state index contributed by atoms with van der Waals surface area (Å²) < 4.78 is 0. The maximum absolute atomic E-state index is 10.6. The minimum atomic E-state index is -1.05. The van der Waals surface area contributed by atoms with Crippen molar-refractivity contribution in [1.29, 1.82) is 0 Å². The van der Waals surface area contributed by atoms with Crippen LogP contribution in [-0.2, 0) is 9.59 Å². The highest BCUT2D eigenvalue weighted by Crippen LogP contribution is 2.02. The van der Waals surface area contributed by atoms with E-state index in [2.05, 4.69) is 5.32 Å². The molecule has 0 fully saturated rings. The number of carboxylic acid groups (broad SMARTS) is 2. The largest absolute Gasteiger partial charge is 0.480 e. The summed E-state index contributed by atoms with van der Waals surface area (Å²) in [5.74, 6) is -2.21. The standard InChI is InChI=1S/C8H15NO4/c1-4(2)6(8(12)13)9-5(3)7(10)11/h4-6,9H,1-3H3,(H,10,11)(H,12,13). The lowest BCUT2D eigenvalue weighted by atomic mass is 10.0. The average Bonchev–Trinajstić information content (AvgIpc) is 1.97. The van der Waals surface area contributed by atoms with Gasteiger partial charge in [-0.05, 0) is 12.8 Å². The zero-order valence-corrected chi connectivity index (χ0v) is 7.94. The molecule has 0 rings (SSSR count). The zero-order chi connectivity index (χ0) is 10.6. The van der Waals surface area contributed by atoms with Crippen molar-refractivity contribution in [1.82, 2.24) is 5.32 Å². The van der Waals surface area contributed by atoms with Crippen molar-refractivity contribution in [2.75, 3.05) is 0 Å². The summed E-state index contributed by atoms with van der Waals surface area (Å²) in [4.78, 5) is 21.1. The van der Waals surface area contributed by atoms with E-state index in [0.29, 0.717) is 0 Å². The van der Waals surface area contributed by atoms with E-state index >= 15 is 0 Å². The zero-order valence-electron chi connectivity index (χ0n) is 7.94. The van der Waals surface area contributed by atoms with E-state index in [1.54, 1.807) is 13.8 Å². The smallest absolute Gasteiger partial charge is 0.320 e. The van der Waals surface area contributed by atoms with E-state index < -0.39 is 24.0 Å². The first kappa shape index (κ1) is 11.9. The Bertz CT molecular complexity index is 202. The monoisotopic (exact) mass is 189 g/mol. The molecule has 0 radical (unpaired) electrons. The molecule has 2 unspecified atom stereocenters. The summed E-state index contributed by atoms with van der Waals surface area (Å²) >= 11 is 0. The fourth-order valence-corrected chi connectivity index (χ4v) is 0.890. The maximum Gasteiger partial charge on any atom is 0.320 e. The Balaban J connectivity index is 4.27. The lowest BCUT2D eigenvalue weighted by Gasteiger charge is -2.20. The van der Waals surface area contributed by atoms with Crippen molar-refractivity contribution in [2.24, 2.45) is 5.92 Å². The summed E-state index contributed by atoms with van der Waals surface area (Å²) in [5.41, 5.74) is 0. The second-order valence-electron chi connectivity index (χ2n) is 3.29. The number of aliphatic carboxylic acids is 2. The molecular formula is C8H15NO4. The van der Waals surface area contributed by atoms with Crippen molar-refractivity contribution < 1.29 is 19.8 Å². The topological polar surface area (TPSA) is 86.6 Å². The molecule has 3 N–H and O–H groups in total. The molecule has 0 heterocycles. The second kappa shape index (κ2) is 4.81. The minimum Gasteiger partial charge on any atom is -0.480 e. The molecule has 0 spiro atoms. The van der Waals surface area contributed by atoms with Crippen LogP contribution < -0.4 is 5.32 Å². The quantitative estimate of drug-likeness (QED) is 0.573. The van der Waals surface area contributed by atoms with Gasteiger partial charge in [-0.3, -0.25) is 14.9 Å². The second-order valence-corrected chi connectivity index (χ2v) is 3.29. The van der Waals surface area contributed by atoms with Gasteiger partial charge >= 0.3 is 11.9 Å². The first-order valence-corrected chi connectivity index (χ1v) is 4.08. The first-order valence-electron chi connectivity index (χ1n) is 4.08. The van der Waals surface area contributed by atoms with Crippen LogP contribution in [0.2, 0.25) is 0 Å². The van der Waals surface area contributed by atoms with Gasteiger partial charge in [0, 0.05) is 0 Å². The normalized spacial score (nSPS) is 15.4. The molecule has 0 aliphatic carbocycles. The lowest BCUT2D eigenvalue weighted by molar-refractivity contribution is -0.143. The van der Waals surface area contributed by atoms with Gasteiger partial charge in [-0.1, -0.05) is 13.8 Å². The molecular weight excluding hydrogens is 174 g/mol. The fraction of sp³-hybridized carbons (Fsp3) is 0.750. The molecule has 2 atom stereocenters. The van der Waals surface area contributed by atoms with Gasteiger partial charge in [-0.15, -0.1) is 0 Å². The summed E-state index contributed by atoms with van der Waals surface area (Å²) in [5, 5.41) is 19.8. The van der Waals surface area contributed by atoms with Crippen LogP contribution in [0.15, 0.2) is 0 Å². The van der Waals surface area contributed by atoms with Crippen molar-refractivity contribution in [3.63, 3.8) is 0 Å². The Morgan fingerprint density at radius 2 is 1.54 bits per heavy atom. The van der Waals surface area contributed by atoms with Crippen molar-refractivity contribution in [2.45, 2.75) is 32.9 Å². The third-order valence-corrected chi connectivity index (χ3v) is 1.73. The van der Waals surface area contributed by atoms with Crippen molar-refractivity contribution in [3.8, 4) is 0 Å². The van der Waals surface area contributed by atoms with Gasteiger partial charge in [-0.25, -0.2) is 0 Å². The number of nitrogens with one attached hydrogen (secondary N) is 1. The lowest BCUT2D eigenvalue weighted by Crippen LogP contribution is -2.48. The number of carboxylic acids is 2. The molecule has 0 amide bonds. The molecule has 5 heteroatoms. The van der Waals surface area contributed by atoms with E-state index in [9.17, 15) is 9.59 Å². The molecule has 0 aromatic rings. The van der Waals surface area contributed by atoms with Gasteiger partial charge in [0.25, 0.3) is 0 Å². The van der Waals surface area contributed by atoms with Crippen LogP contribution in [0.25, 0.3) is 0 Å². The molecule has 0 aliphatic heterocycles. The van der Waals surface area contributed by atoms with Crippen LogP contribution in [0.4, 0.5) is 0 Å². The van der Waals surface area contributed by atoms with Gasteiger partial charge in [0.05, 0.1) is 0 Å². The van der Waals surface area contributed by atoms with Crippen LogP contribution in [0.1, 0.15) is 20.8 Å². The van der Waals surface area contributed by atoms with Gasteiger partial charge in [0.15, 0.2) is 0 Å². The Kier molecular flexibility index (Phi) is 4.40. The number of rotatable bonds is 5. The molecule has 0 bridgehead atoms. The Labute approximate surface area is 76.8 Å². The third kappa shape index (κ3) is 3.89. The summed E-state index contributed by atoms with van der Waals surface area (Å²) in [6.07, 6.45) is 0. The van der Waals surface area contributed by atoms with Crippen molar-refractivity contribution in [3.05, 3.63) is 0 Å². The summed E-state index contributed by atoms with van der Waals surface area (Å²) in [7, 11) is 0. The van der Waals surface area contributed by atoms with E-state index in [1.165, 1.54) is 6.92 Å². The van der Waals surface area contributed by atoms with Crippen molar-refractivity contribution >= 4 is 11.9 Å². The number of hydrogen-bond acceptors (Lipinski definition) is 3. The van der Waals surface area contributed by atoms with Crippen LogP contribution in [-0.4, -0.2) is 34.2 Å². The SMILES string of the molecule is CC(NC(C(=O)O)C(C)C)C(=O)O. The average molecular weight is 189 g/mol.